The number of amides is 1. The molecule has 23 heavy (non-hydrogen) atoms. The molecule has 0 saturated heterocycles. The highest BCUT2D eigenvalue weighted by molar-refractivity contribution is 5.81. The van der Waals surface area contributed by atoms with E-state index >= 15 is 0 Å². The largest absolute Gasteiger partial charge is 0.454 e. The van der Waals surface area contributed by atoms with Gasteiger partial charge in [-0.05, 0) is 25.3 Å². The molecule has 124 valence electrons. The van der Waals surface area contributed by atoms with E-state index in [9.17, 15) is 9.59 Å². The molecule has 1 unspecified atom stereocenters. The number of carbonyl (C=O) groups excluding carboxylic acids is 2. The Morgan fingerprint density at radius 1 is 1.35 bits per heavy atom. The Labute approximate surface area is 136 Å². The van der Waals surface area contributed by atoms with Crippen molar-refractivity contribution in [1.82, 2.24) is 5.32 Å². The molecule has 0 aliphatic heterocycles. The maximum Gasteiger partial charge on any atom is 0.335 e. The second kappa shape index (κ2) is 7.92. The zero-order chi connectivity index (χ0) is 16.7. The van der Waals surface area contributed by atoms with Crippen LogP contribution in [-0.2, 0) is 24.5 Å². The van der Waals surface area contributed by atoms with Gasteiger partial charge >= 0.3 is 5.97 Å². The second-order valence-electron chi connectivity index (χ2n) is 5.80. The van der Waals surface area contributed by atoms with Gasteiger partial charge < -0.3 is 14.8 Å². The van der Waals surface area contributed by atoms with Crippen LogP contribution < -0.4 is 5.32 Å². The fraction of sp³-hybridized carbons (Fsp3) is 0.444. The van der Waals surface area contributed by atoms with Crippen molar-refractivity contribution in [2.75, 3.05) is 19.8 Å². The minimum Gasteiger partial charge on any atom is -0.454 e. The third-order valence-corrected chi connectivity index (χ3v) is 4.01. The van der Waals surface area contributed by atoms with E-state index in [0.29, 0.717) is 6.54 Å². The molecule has 5 heteroatoms. The van der Waals surface area contributed by atoms with Crippen molar-refractivity contribution in [3.63, 3.8) is 0 Å². The number of rotatable bonds is 9. The van der Waals surface area contributed by atoms with Gasteiger partial charge in [-0.25, -0.2) is 4.79 Å². The summed E-state index contributed by atoms with van der Waals surface area (Å²) in [5.41, 5.74) is 1.28. The summed E-state index contributed by atoms with van der Waals surface area (Å²) in [5.74, 6) is -0.845. The first kappa shape index (κ1) is 17.2. The fourth-order valence-corrected chi connectivity index (χ4v) is 2.36. The minimum absolute atomic E-state index is 0.0429. The number of carbonyl (C=O) groups is 2. The first-order chi connectivity index (χ1) is 11.1. The maximum absolute atomic E-state index is 11.8. The minimum atomic E-state index is -0.708. The molecule has 1 saturated carbocycles. The van der Waals surface area contributed by atoms with Crippen LogP contribution in [0.4, 0.5) is 0 Å². The van der Waals surface area contributed by atoms with Gasteiger partial charge in [0.2, 0.25) is 0 Å². The van der Waals surface area contributed by atoms with Crippen LogP contribution in [0.25, 0.3) is 0 Å². The average Bonchev–Trinajstić information content (AvgIpc) is 3.37. The number of hydrogen-bond donors (Lipinski definition) is 1. The van der Waals surface area contributed by atoms with Crippen molar-refractivity contribution < 1.29 is 19.1 Å². The molecule has 1 amide bonds. The smallest absolute Gasteiger partial charge is 0.335 e. The molecule has 1 atom stereocenters. The first-order valence-electron chi connectivity index (χ1n) is 7.79. The lowest BCUT2D eigenvalue weighted by atomic mass is 9.96. The Bertz CT molecular complexity index is 551. The predicted molar refractivity (Wildman–Crippen MR) is 86.9 cm³/mol. The maximum atomic E-state index is 11.8. The Balaban J connectivity index is 1.72. The van der Waals surface area contributed by atoms with E-state index in [-0.39, 0.29) is 24.5 Å². The second-order valence-corrected chi connectivity index (χ2v) is 5.80. The zero-order valence-corrected chi connectivity index (χ0v) is 13.4. The van der Waals surface area contributed by atoms with Gasteiger partial charge in [-0.15, -0.1) is 6.58 Å². The molecule has 0 heterocycles. The normalized spacial score (nSPS) is 16.2. The molecule has 1 aromatic carbocycles. The van der Waals surface area contributed by atoms with Gasteiger partial charge in [0.25, 0.3) is 5.91 Å². The van der Waals surface area contributed by atoms with Gasteiger partial charge in [-0.1, -0.05) is 36.4 Å². The summed E-state index contributed by atoms with van der Waals surface area (Å²) in [6.07, 6.45) is 2.96. The topological polar surface area (TPSA) is 64.6 Å². The summed E-state index contributed by atoms with van der Waals surface area (Å²) in [6, 6.07) is 10.1. The highest BCUT2D eigenvalue weighted by Crippen LogP contribution is 2.47. The molecule has 0 radical (unpaired) electrons. The number of benzene rings is 1. The van der Waals surface area contributed by atoms with Crippen molar-refractivity contribution in [2.24, 2.45) is 0 Å². The molecule has 2 rings (SSSR count). The van der Waals surface area contributed by atoms with Crippen LogP contribution in [0.1, 0.15) is 25.3 Å². The molecule has 1 aliphatic carbocycles. The summed E-state index contributed by atoms with van der Waals surface area (Å²) >= 11 is 0. The summed E-state index contributed by atoms with van der Waals surface area (Å²) in [5, 5.41) is 2.85. The lowest BCUT2D eigenvalue weighted by Gasteiger charge is -2.17. The Kier molecular flexibility index (Phi) is 5.93. The molecule has 1 fully saturated rings. The number of ether oxygens (including phenoxy) is 2. The van der Waals surface area contributed by atoms with Crippen molar-refractivity contribution in [3.8, 4) is 0 Å². The molecule has 5 nitrogen and oxygen atoms in total. The van der Waals surface area contributed by atoms with Gasteiger partial charge in [0, 0.05) is 12.0 Å². The number of hydrogen-bond acceptors (Lipinski definition) is 4. The predicted octanol–water partition coefficient (Wildman–Crippen LogP) is 1.97. The summed E-state index contributed by atoms with van der Waals surface area (Å²) in [4.78, 5) is 23.5. The quantitative estimate of drug-likeness (QED) is 0.559. The van der Waals surface area contributed by atoms with E-state index in [4.69, 9.17) is 9.47 Å². The van der Waals surface area contributed by atoms with Crippen LogP contribution in [0.3, 0.4) is 0 Å². The Hall–Kier alpha value is -2.14. The van der Waals surface area contributed by atoms with Crippen LogP contribution in [0.15, 0.2) is 43.0 Å². The van der Waals surface area contributed by atoms with Gasteiger partial charge in [0.1, 0.15) is 0 Å². The molecule has 0 bridgehead atoms. The average molecular weight is 317 g/mol. The van der Waals surface area contributed by atoms with E-state index in [1.807, 2.05) is 18.2 Å². The molecule has 0 spiro atoms. The zero-order valence-electron chi connectivity index (χ0n) is 13.4. The van der Waals surface area contributed by atoms with Gasteiger partial charge in [-0.3, -0.25) is 4.79 Å². The first-order valence-corrected chi connectivity index (χ1v) is 7.79. The molecule has 1 aromatic rings. The van der Waals surface area contributed by atoms with E-state index in [1.54, 1.807) is 13.0 Å². The SMILES string of the molecule is C=CCOC(C)C(=O)OCC(=O)NCC1(c2ccccc2)CC1. The van der Waals surface area contributed by atoms with Crippen LogP contribution >= 0.6 is 0 Å². The van der Waals surface area contributed by atoms with E-state index in [1.165, 1.54) is 5.56 Å². The summed E-state index contributed by atoms with van der Waals surface area (Å²) in [6.45, 7) is 5.63. The monoisotopic (exact) mass is 317 g/mol. The van der Waals surface area contributed by atoms with Crippen molar-refractivity contribution >= 4 is 11.9 Å². The lowest BCUT2D eigenvalue weighted by molar-refractivity contribution is -0.158. The third kappa shape index (κ3) is 4.93. The lowest BCUT2D eigenvalue weighted by Crippen LogP contribution is -2.36. The molecular weight excluding hydrogens is 294 g/mol. The van der Waals surface area contributed by atoms with Crippen LogP contribution in [0, 0.1) is 0 Å². The van der Waals surface area contributed by atoms with Crippen molar-refractivity contribution in [1.29, 1.82) is 0 Å². The Morgan fingerprint density at radius 2 is 2.04 bits per heavy atom. The summed E-state index contributed by atoms with van der Waals surface area (Å²) in [7, 11) is 0. The molecule has 1 N–H and O–H groups in total. The standard InChI is InChI=1S/C18H23NO4/c1-3-11-22-14(2)17(21)23-12-16(20)19-13-18(9-10-18)15-7-5-4-6-8-15/h3-8,14H,1,9-13H2,2H3,(H,19,20). The van der Waals surface area contributed by atoms with Crippen LogP contribution in [-0.4, -0.2) is 37.7 Å². The number of nitrogens with one attached hydrogen (secondary N) is 1. The van der Waals surface area contributed by atoms with Crippen LogP contribution in [0.2, 0.25) is 0 Å². The highest BCUT2D eigenvalue weighted by atomic mass is 16.6. The number of esters is 1. The van der Waals surface area contributed by atoms with Crippen molar-refractivity contribution in [3.05, 3.63) is 48.6 Å². The van der Waals surface area contributed by atoms with E-state index in [0.717, 1.165) is 12.8 Å². The third-order valence-electron chi connectivity index (χ3n) is 4.01. The Morgan fingerprint density at radius 3 is 2.65 bits per heavy atom. The molecule has 0 aromatic heterocycles. The van der Waals surface area contributed by atoms with Gasteiger partial charge in [0.05, 0.1) is 6.61 Å². The van der Waals surface area contributed by atoms with Gasteiger partial charge in [-0.2, -0.15) is 0 Å². The molecule has 1 aliphatic rings. The van der Waals surface area contributed by atoms with Crippen LogP contribution in [0.5, 0.6) is 0 Å². The summed E-state index contributed by atoms with van der Waals surface area (Å²) < 4.78 is 10.1. The van der Waals surface area contributed by atoms with Gasteiger partial charge in [0.15, 0.2) is 12.7 Å². The van der Waals surface area contributed by atoms with Crippen molar-refractivity contribution in [2.45, 2.75) is 31.3 Å². The fourth-order valence-electron chi connectivity index (χ4n) is 2.36. The molecular formula is C18H23NO4. The van der Waals surface area contributed by atoms with E-state index in [2.05, 4.69) is 24.0 Å². The van der Waals surface area contributed by atoms with E-state index < -0.39 is 12.1 Å². The highest BCUT2D eigenvalue weighted by Gasteiger charge is 2.44.